The number of carbonyl (C=O) groups is 1. The molecule has 1 saturated heterocycles. The predicted molar refractivity (Wildman–Crippen MR) is 63.0 cm³/mol. The van der Waals surface area contributed by atoms with Crippen LogP contribution >= 0.6 is 0 Å². The van der Waals surface area contributed by atoms with Crippen LogP contribution in [0.3, 0.4) is 0 Å². The third-order valence-electron chi connectivity index (χ3n) is 2.82. The molecule has 2 atom stereocenters. The second-order valence-corrected chi connectivity index (χ2v) is 4.17. The van der Waals surface area contributed by atoms with E-state index in [9.17, 15) is 4.79 Å². The van der Waals surface area contributed by atoms with Crippen molar-refractivity contribution in [3.05, 3.63) is 24.3 Å². The Morgan fingerprint density at radius 3 is 2.69 bits per heavy atom. The molecule has 4 nitrogen and oxygen atoms in total. The largest absolute Gasteiger partial charge is 0.399 e. The minimum Gasteiger partial charge on any atom is -0.399 e. The lowest BCUT2D eigenvalue weighted by molar-refractivity contribution is -0.126. The smallest absolute Gasteiger partial charge is 0.253 e. The average molecular weight is 220 g/mol. The lowest BCUT2D eigenvalue weighted by atomic mass is 10.0. The van der Waals surface area contributed by atoms with Gasteiger partial charge in [0.2, 0.25) is 0 Å². The summed E-state index contributed by atoms with van der Waals surface area (Å²) in [5.74, 6) is 0.212. The van der Waals surface area contributed by atoms with Gasteiger partial charge in [0.25, 0.3) is 5.91 Å². The quantitative estimate of drug-likeness (QED) is 0.744. The summed E-state index contributed by atoms with van der Waals surface area (Å²) in [7, 11) is 0. The number of nitrogen functional groups attached to an aromatic ring is 1. The van der Waals surface area contributed by atoms with Crippen LogP contribution in [0, 0.1) is 5.92 Å². The first kappa shape index (κ1) is 11.0. The molecule has 1 aromatic rings. The summed E-state index contributed by atoms with van der Waals surface area (Å²) in [4.78, 5) is 11.8. The fraction of sp³-hybridized carbons (Fsp3) is 0.417. The van der Waals surface area contributed by atoms with E-state index in [1.807, 2.05) is 6.92 Å². The molecule has 0 bridgehead atoms. The van der Waals surface area contributed by atoms with Gasteiger partial charge in [-0.1, -0.05) is 6.92 Å². The van der Waals surface area contributed by atoms with Crippen molar-refractivity contribution in [2.45, 2.75) is 19.4 Å². The first-order valence-corrected chi connectivity index (χ1v) is 5.45. The average Bonchev–Trinajstić information content (AvgIpc) is 2.68. The number of carbonyl (C=O) groups excluding carboxylic acids is 1. The van der Waals surface area contributed by atoms with E-state index < -0.39 is 0 Å². The van der Waals surface area contributed by atoms with Gasteiger partial charge in [-0.3, -0.25) is 4.79 Å². The highest BCUT2D eigenvalue weighted by molar-refractivity contribution is 5.94. The second-order valence-electron chi connectivity index (χ2n) is 4.17. The molecule has 0 spiro atoms. The molecule has 0 saturated carbocycles. The lowest BCUT2D eigenvalue weighted by Gasteiger charge is -2.14. The van der Waals surface area contributed by atoms with Crippen LogP contribution in [0.5, 0.6) is 0 Å². The third-order valence-corrected chi connectivity index (χ3v) is 2.82. The van der Waals surface area contributed by atoms with Crippen LogP contribution in [0.25, 0.3) is 0 Å². The zero-order valence-corrected chi connectivity index (χ0v) is 9.27. The van der Waals surface area contributed by atoms with Crippen molar-refractivity contribution in [1.82, 2.24) is 0 Å². The van der Waals surface area contributed by atoms with Crippen molar-refractivity contribution in [1.29, 1.82) is 0 Å². The van der Waals surface area contributed by atoms with Gasteiger partial charge in [0.05, 0.1) is 0 Å². The molecule has 1 aliphatic heterocycles. The number of benzene rings is 1. The first-order valence-electron chi connectivity index (χ1n) is 5.45. The van der Waals surface area contributed by atoms with Gasteiger partial charge in [-0.2, -0.15) is 0 Å². The molecule has 3 N–H and O–H groups in total. The molecule has 1 amide bonds. The maximum Gasteiger partial charge on any atom is 0.253 e. The third kappa shape index (κ3) is 2.33. The van der Waals surface area contributed by atoms with Crippen molar-refractivity contribution in [2.75, 3.05) is 17.7 Å². The van der Waals surface area contributed by atoms with Gasteiger partial charge >= 0.3 is 0 Å². The van der Waals surface area contributed by atoms with Gasteiger partial charge in [0, 0.05) is 18.0 Å². The number of nitrogens with two attached hydrogens (primary N) is 1. The van der Waals surface area contributed by atoms with Crippen molar-refractivity contribution in [3.8, 4) is 0 Å². The van der Waals surface area contributed by atoms with E-state index in [0.29, 0.717) is 12.3 Å². The zero-order chi connectivity index (χ0) is 11.5. The Morgan fingerprint density at radius 2 is 2.12 bits per heavy atom. The Morgan fingerprint density at radius 1 is 1.44 bits per heavy atom. The Balaban J connectivity index is 1.99. The molecule has 2 unspecified atom stereocenters. The fourth-order valence-electron chi connectivity index (χ4n) is 1.81. The van der Waals surface area contributed by atoms with E-state index in [-0.39, 0.29) is 17.9 Å². The van der Waals surface area contributed by atoms with E-state index in [4.69, 9.17) is 10.5 Å². The Hall–Kier alpha value is -1.55. The van der Waals surface area contributed by atoms with Crippen LogP contribution in [-0.4, -0.2) is 18.6 Å². The highest BCUT2D eigenvalue weighted by atomic mass is 16.5. The Bertz CT molecular complexity index is 375. The summed E-state index contributed by atoms with van der Waals surface area (Å²) in [5.41, 5.74) is 7.00. The van der Waals surface area contributed by atoms with Crippen LogP contribution in [0.1, 0.15) is 13.3 Å². The second kappa shape index (κ2) is 4.53. The number of hydrogen-bond donors (Lipinski definition) is 2. The molecule has 1 heterocycles. The molecule has 1 aromatic carbocycles. The van der Waals surface area contributed by atoms with E-state index >= 15 is 0 Å². The molecule has 16 heavy (non-hydrogen) atoms. The minimum atomic E-state index is -0.322. The number of anilines is 2. The van der Waals surface area contributed by atoms with E-state index in [0.717, 1.165) is 12.1 Å². The minimum absolute atomic E-state index is 0.0743. The maximum atomic E-state index is 11.8. The molecule has 2 rings (SSSR count). The van der Waals surface area contributed by atoms with E-state index in [2.05, 4.69) is 5.32 Å². The SMILES string of the molecule is CC1CCOC1C(=O)Nc1ccc(N)cc1. The van der Waals surface area contributed by atoms with Gasteiger partial charge in [-0.15, -0.1) is 0 Å². The summed E-state index contributed by atoms with van der Waals surface area (Å²) in [5, 5.41) is 2.82. The number of rotatable bonds is 2. The van der Waals surface area contributed by atoms with Crippen LogP contribution < -0.4 is 11.1 Å². The number of nitrogens with one attached hydrogen (secondary N) is 1. The molecule has 1 aliphatic rings. The number of hydrogen-bond acceptors (Lipinski definition) is 3. The van der Waals surface area contributed by atoms with Gasteiger partial charge in [0.1, 0.15) is 6.10 Å². The van der Waals surface area contributed by atoms with Gasteiger partial charge in [0.15, 0.2) is 0 Å². The van der Waals surface area contributed by atoms with Crippen molar-refractivity contribution in [2.24, 2.45) is 5.92 Å². The van der Waals surface area contributed by atoms with Crippen molar-refractivity contribution < 1.29 is 9.53 Å². The molecule has 0 aliphatic carbocycles. The maximum absolute atomic E-state index is 11.8. The summed E-state index contributed by atoms with van der Waals surface area (Å²) in [6.07, 6.45) is 0.623. The summed E-state index contributed by atoms with van der Waals surface area (Å²) >= 11 is 0. The molecular formula is C12H16N2O2. The number of ether oxygens (including phenoxy) is 1. The van der Waals surface area contributed by atoms with E-state index in [1.54, 1.807) is 24.3 Å². The molecule has 1 fully saturated rings. The van der Waals surface area contributed by atoms with Crippen molar-refractivity contribution >= 4 is 17.3 Å². The van der Waals surface area contributed by atoms with Gasteiger partial charge in [-0.25, -0.2) is 0 Å². The van der Waals surface area contributed by atoms with E-state index in [1.165, 1.54) is 0 Å². The van der Waals surface area contributed by atoms with Crippen LogP contribution in [0.15, 0.2) is 24.3 Å². The first-order chi connectivity index (χ1) is 7.66. The lowest BCUT2D eigenvalue weighted by Crippen LogP contribution is -2.31. The molecular weight excluding hydrogens is 204 g/mol. The van der Waals surface area contributed by atoms with Crippen LogP contribution in [-0.2, 0) is 9.53 Å². The highest BCUT2D eigenvalue weighted by Gasteiger charge is 2.30. The standard InChI is InChI=1S/C12H16N2O2/c1-8-6-7-16-11(8)12(15)14-10-4-2-9(13)3-5-10/h2-5,8,11H,6-7,13H2,1H3,(H,14,15). The number of amides is 1. The monoisotopic (exact) mass is 220 g/mol. The van der Waals surface area contributed by atoms with Crippen LogP contribution in [0.2, 0.25) is 0 Å². The summed E-state index contributed by atoms with van der Waals surface area (Å²) < 4.78 is 5.39. The zero-order valence-electron chi connectivity index (χ0n) is 9.27. The fourth-order valence-corrected chi connectivity index (χ4v) is 1.81. The molecule has 0 radical (unpaired) electrons. The normalized spacial score (nSPS) is 24.3. The Kier molecular flexibility index (Phi) is 3.10. The highest BCUT2D eigenvalue weighted by Crippen LogP contribution is 2.21. The predicted octanol–water partition coefficient (Wildman–Crippen LogP) is 1.63. The van der Waals surface area contributed by atoms with Crippen LogP contribution in [0.4, 0.5) is 11.4 Å². The molecule has 0 aromatic heterocycles. The van der Waals surface area contributed by atoms with Gasteiger partial charge < -0.3 is 15.8 Å². The molecule has 86 valence electrons. The summed E-state index contributed by atoms with van der Waals surface area (Å²) in [6, 6.07) is 7.09. The summed E-state index contributed by atoms with van der Waals surface area (Å²) in [6.45, 7) is 2.70. The Labute approximate surface area is 94.8 Å². The molecule has 4 heteroatoms. The van der Waals surface area contributed by atoms with Crippen molar-refractivity contribution in [3.63, 3.8) is 0 Å². The van der Waals surface area contributed by atoms with Gasteiger partial charge in [-0.05, 0) is 36.6 Å². The topological polar surface area (TPSA) is 64.3 Å².